The number of rotatable bonds is 4. The van der Waals surface area contributed by atoms with Crippen LogP contribution in [0.5, 0.6) is 0 Å². The van der Waals surface area contributed by atoms with E-state index in [2.05, 4.69) is 38.9 Å². The minimum Gasteiger partial charge on any atom is -0.347 e. The highest BCUT2D eigenvalue weighted by Gasteiger charge is 2.38. The number of halogens is 1. The van der Waals surface area contributed by atoms with Gasteiger partial charge >= 0.3 is 0 Å². The minimum atomic E-state index is -0.189. The number of nitrogens with zero attached hydrogens (tertiary/aromatic N) is 3. The second-order valence-electron chi connectivity index (χ2n) is 6.86. The number of piperidine rings is 1. The van der Waals surface area contributed by atoms with E-state index in [1.165, 1.54) is 11.1 Å². The summed E-state index contributed by atoms with van der Waals surface area (Å²) in [5, 5.41) is 0. The van der Waals surface area contributed by atoms with E-state index in [-0.39, 0.29) is 11.9 Å². The van der Waals surface area contributed by atoms with Crippen molar-refractivity contribution in [1.29, 1.82) is 0 Å². The number of imidazole rings is 1. The summed E-state index contributed by atoms with van der Waals surface area (Å²) in [6.45, 7) is 4.05. The molecule has 1 fully saturated rings. The maximum Gasteiger partial charge on any atom is 0.123 e. The lowest BCUT2D eigenvalue weighted by Gasteiger charge is -2.43. The molecule has 0 radical (unpaired) electrons. The maximum atomic E-state index is 13.4. The standard InChI is InChI=1S/C21H23FN4/c1-2-26-14-19(15-3-5-17(22)6-4-15)18(16-7-9-23-10-8-16)13-20(26)21-24-11-12-25-21/h3-12,18-20H,2,13-14H2,1H3,(H,24,25). The molecular weight excluding hydrogens is 327 g/mol. The van der Waals surface area contributed by atoms with E-state index < -0.39 is 0 Å². The van der Waals surface area contributed by atoms with E-state index >= 15 is 0 Å². The third kappa shape index (κ3) is 3.27. The molecule has 2 aromatic heterocycles. The molecule has 134 valence electrons. The van der Waals surface area contributed by atoms with Crippen LogP contribution in [0.4, 0.5) is 4.39 Å². The predicted octanol–water partition coefficient (Wildman–Crippen LogP) is 4.28. The first-order chi connectivity index (χ1) is 12.8. The normalized spacial score (nSPS) is 23.8. The average Bonchev–Trinajstić information content (AvgIpc) is 3.23. The van der Waals surface area contributed by atoms with Crippen LogP contribution >= 0.6 is 0 Å². The number of nitrogens with one attached hydrogen (secondary N) is 1. The fraction of sp³-hybridized carbons (Fsp3) is 0.333. The molecule has 4 nitrogen and oxygen atoms in total. The molecule has 3 aromatic rings. The second kappa shape index (κ2) is 7.38. The van der Waals surface area contributed by atoms with Gasteiger partial charge in [0.25, 0.3) is 0 Å². The van der Waals surface area contributed by atoms with Crippen molar-refractivity contribution in [2.75, 3.05) is 13.1 Å². The second-order valence-corrected chi connectivity index (χ2v) is 6.86. The van der Waals surface area contributed by atoms with Crippen LogP contribution in [0.1, 0.15) is 48.2 Å². The van der Waals surface area contributed by atoms with Gasteiger partial charge in [-0.3, -0.25) is 9.88 Å². The Bertz CT molecular complexity index is 817. The van der Waals surface area contributed by atoms with Crippen LogP contribution in [-0.2, 0) is 0 Å². The number of H-pyrrole nitrogens is 1. The molecule has 0 spiro atoms. The summed E-state index contributed by atoms with van der Waals surface area (Å²) in [6, 6.07) is 11.4. The lowest BCUT2D eigenvalue weighted by Crippen LogP contribution is -2.41. The monoisotopic (exact) mass is 350 g/mol. The van der Waals surface area contributed by atoms with Gasteiger partial charge in [0.15, 0.2) is 0 Å². The number of pyridine rings is 1. The topological polar surface area (TPSA) is 44.8 Å². The fourth-order valence-corrected chi connectivity index (χ4v) is 4.18. The van der Waals surface area contributed by atoms with Gasteiger partial charge in [-0.1, -0.05) is 19.1 Å². The Morgan fingerprint density at radius 3 is 2.42 bits per heavy atom. The van der Waals surface area contributed by atoms with Crippen LogP contribution in [-0.4, -0.2) is 32.9 Å². The summed E-state index contributed by atoms with van der Waals surface area (Å²) in [5.41, 5.74) is 2.46. The minimum absolute atomic E-state index is 0.189. The third-order valence-electron chi connectivity index (χ3n) is 5.51. The lowest BCUT2D eigenvalue weighted by molar-refractivity contribution is 0.118. The molecule has 0 aliphatic carbocycles. The zero-order chi connectivity index (χ0) is 17.9. The van der Waals surface area contributed by atoms with Gasteiger partial charge in [0.2, 0.25) is 0 Å². The van der Waals surface area contributed by atoms with Crippen molar-refractivity contribution < 1.29 is 4.39 Å². The molecule has 3 atom stereocenters. The molecule has 1 aliphatic rings. The molecule has 1 aliphatic heterocycles. The number of aromatic amines is 1. The Labute approximate surface area is 153 Å². The zero-order valence-corrected chi connectivity index (χ0v) is 14.8. The highest BCUT2D eigenvalue weighted by Crippen LogP contribution is 2.45. The molecule has 3 heterocycles. The van der Waals surface area contributed by atoms with Crippen molar-refractivity contribution >= 4 is 0 Å². The molecule has 1 aromatic carbocycles. The Kier molecular flexibility index (Phi) is 4.80. The summed E-state index contributed by atoms with van der Waals surface area (Å²) in [5.74, 6) is 1.47. The molecule has 0 saturated carbocycles. The highest BCUT2D eigenvalue weighted by molar-refractivity contribution is 5.30. The number of hydrogen-bond donors (Lipinski definition) is 1. The van der Waals surface area contributed by atoms with Crippen molar-refractivity contribution in [3.05, 3.63) is 84.0 Å². The van der Waals surface area contributed by atoms with Crippen molar-refractivity contribution in [1.82, 2.24) is 19.9 Å². The number of benzene rings is 1. The van der Waals surface area contributed by atoms with Crippen molar-refractivity contribution in [3.8, 4) is 0 Å². The molecule has 3 unspecified atom stereocenters. The summed E-state index contributed by atoms with van der Waals surface area (Å²) in [4.78, 5) is 14.4. The van der Waals surface area contributed by atoms with Crippen LogP contribution in [0.2, 0.25) is 0 Å². The first kappa shape index (κ1) is 16.9. The number of likely N-dealkylation sites (N-methyl/N-ethyl adjacent to an activating group) is 1. The van der Waals surface area contributed by atoms with E-state index in [0.29, 0.717) is 11.8 Å². The number of hydrogen-bond acceptors (Lipinski definition) is 3. The van der Waals surface area contributed by atoms with Crippen LogP contribution in [0.25, 0.3) is 0 Å². The Morgan fingerprint density at radius 2 is 1.77 bits per heavy atom. The molecule has 26 heavy (non-hydrogen) atoms. The molecule has 1 saturated heterocycles. The molecule has 1 N–H and O–H groups in total. The van der Waals surface area contributed by atoms with E-state index in [1.54, 1.807) is 12.1 Å². The predicted molar refractivity (Wildman–Crippen MR) is 99.3 cm³/mol. The lowest BCUT2D eigenvalue weighted by atomic mass is 9.74. The van der Waals surface area contributed by atoms with Crippen LogP contribution in [0, 0.1) is 5.82 Å². The highest BCUT2D eigenvalue weighted by atomic mass is 19.1. The van der Waals surface area contributed by atoms with Crippen molar-refractivity contribution in [3.63, 3.8) is 0 Å². The molecule has 5 heteroatoms. The van der Waals surface area contributed by atoms with Gasteiger partial charge in [0.05, 0.1) is 6.04 Å². The van der Waals surface area contributed by atoms with Crippen molar-refractivity contribution in [2.24, 2.45) is 0 Å². The average molecular weight is 350 g/mol. The molecule has 0 amide bonds. The summed E-state index contributed by atoms with van der Waals surface area (Å²) in [7, 11) is 0. The smallest absolute Gasteiger partial charge is 0.123 e. The third-order valence-corrected chi connectivity index (χ3v) is 5.51. The van der Waals surface area contributed by atoms with Crippen LogP contribution in [0.15, 0.2) is 61.2 Å². The number of likely N-dealkylation sites (tertiary alicyclic amines) is 1. The molecule has 0 bridgehead atoms. The zero-order valence-electron chi connectivity index (χ0n) is 14.8. The SMILES string of the molecule is CCN1CC(c2ccc(F)cc2)C(c2ccncc2)CC1c1ncc[nH]1. The van der Waals surface area contributed by atoms with Gasteiger partial charge in [-0.05, 0) is 54.3 Å². The van der Waals surface area contributed by atoms with Crippen molar-refractivity contribution in [2.45, 2.75) is 31.2 Å². The fourth-order valence-electron chi connectivity index (χ4n) is 4.18. The van der Waals surface area contributed by atoms with Crippen LogP contribution < -0.4 is 0 Å². The first-order valence-corrected chi connectivity index (χ1v) is 9.15. The Balaban J connectivity index is 1.72. The summed E-state index contributed by atoms with van der Waals surface area (Å²) in [6.07, 6.45) is 8.37. The Hall–Kier alpha value is -2.53. The summed E-state index contributed by atoms with van der Waals surface area (Å²) < 4.78 is 13.4. The Morgan fingerprint density at radius 1 is 1.04 bits per heavy atom. The van der Waals surface area contributed by atoms with Gasteiger partial charge in [-0.15, -0.1) is 0 Å². The largest absolute Gasteiger partial charge is 0.347 e. The van der Waals surface area contributed by atoms with Gasteiger partial charge in [-0.2, -0.15) is 0 Å². The maximum absolute atomic E-state index is 13.4. The molecular formula is C21H23FN4. The van der Waals surface area contributed by atoms with Gasteiger partial charge < -0.3 is 4.98 Å². The van der Waals surface area contributed by atoms with Gasteiger partial charge in [-0.25, -0.2) is 9.37 Å². The van der Waals surface area contributed by atoms with E-state index in [0.717, 1.165) is 25.3 Å². The van der Waals surface area contributed by atoms with Gasteiger partial charge in [0, 0.05) is 37.3 Å². The van der Waals surface area contributed by atoms with E-state index in [9.17, 15) is 4.39 Å². The quantitative estimate of drug-likeness (QED) is 0.764. The van der Waals surface area contributed by atoms with E-state index in [1.807, 2.05) is 36.9 Å². The molecule has 4 rings (SSSR count). The van der Waals surface area contributed by atoms with E-state index in [4.69, 9.17) is 0 Å². The number of aromatic nitrogens is 3. The van der Waals surface area contributed by atoms with Crippen LogP contribution in [0.3, 0.4) is 0 Å². The summed E-state index contributed by atoms with van der Waals surface area (Å²) >= 11 is 0. The first-order valence-electron chi connectivity index (χ1n) is 9.15. The van der Waals surface area contributed by atoms with Gasteiger partial charge in [0.1, 0.15) is 11.6 Å².